The van der Waals surface area contributed by atoms with Crippen LogP contribution in [0.1, 0.15) is 23.0 Å². The van der Waals surface area contributed by atoms with Gasteiger partial charge in [-0.3, -0.25) is 0 Å². The third kappa shape index (κ3) is 3.75. The van der Waals surface area contributed by atoms with Crippen LogP contribution in [-0.4, -0.2) is 37.2 Å². The van der Waals surface area contributed by atoms with E-state index in [1.165, 1.54) is 0 Å². The van der Waals surface area contributed by atoms with E-state index in [0.717, 1.165) is 17.4 Å². The minimum absolute atomic E-state index is 0.0710. The Labute approximate surface area is 117 Å². The molecule has 102 valence electrons. The fraction of sp³-hybridized carbons (Fsp3) is 0.444. The standard InChI is InChI=1S/C9H12BrNO5S2/c1-2-5(12)4-11-18(15,16)7-3-6(9(13)14)17-8(7)10/h3,5,11-12H,2,4H2,1H3,(H,13,14). The van der Waals surface area contributed by atoms with Gasteiger partial charge in [0.05, 0.1) is 9.89 Å². The van der Waals surface area contributed by atoms with Gasteiger partial charge in [-0.15, -0.1) is 11.3 Å². The Morgan fingerprint density at radius 2 is 2.22 bits per heavy atom. The van der Waals surface area contributed by atoms with Crippen LogP contribution in [0.25, 0.3) is 0 Å². The summed E-state index contributed by atoms with van der Waals surface area (Å²) in [6.45, 7) is 1.62. The van der Waals surface area contributed by atoms with E-state index in [1.54, 1.807) is 6.92 Å². The summed E-state index contributed by atoms with van der Waals surface area (Å²) in [7, 11) is -3.82. The highest BCUT2D eigenvalue weighted by atomic mass is 79.9. The van der Waals surface area contributed by atoms with Crippen molar-refractivity contribution < 1.29 is 23.4 Å². The molecule has 3 N–H and O–H groups in total. The highest BCUT2D eigenvalue weighted by Crippen LogP contribution is 2.31. The van der Waals surface area contributed by atoms with Gasteiger partial charge in [0.25, 0.3) is 0 Å². The zero-order valence-electron chi connectivity index (χ0n) is 9.38. The number of aromatic carboxylic acids is 1. The number of nitrogens with one attached hydrogen (secondary N) is 1. The van der Waals surface area contributed by atoms with E-state index in [9.17, 15) is 18.3 Å². The maximum absolute atomic E-state index is 11.9. The summed E-state index contributed by atoms with van der Waals surface area (Å²) in [5.41, 5.74) is 0. The fourth-order valence-corrected chi connectivity index (χ4v) is 4.54. The first-order valence-electron chi connectivity index (χ1n) is 4.98. The van der Waals surface area contributed by atoms with Crippen LogP contribution < -0.4 is 4.72 Å². The minimum atomic E-state index is -3.82. The maximum Gasteiger partial charge on any atom is 0.345 e. The third-order valence-corrected chi connectivity index (χ3v) is 5.80. The van der Waals surface area contributed by atoms with Gasteiger partial charge in [0.2, 0.25) is 10.0 Å². The summed E-state index contributed by atoms with van der Waals surface area (Å²) < 4.78 is 26.2. The molecule has 0 aliphatic rings. The van der Waals surface area contributed by atoms with Crippen molar-refractivity contribution in [2.45, 2.75) is 24.3 Å². The van der Waals surface area contributed by atoms with Crippen LogP contribution in [0, 0.1) is 0 Å². The molecular weight excluding hydrogens is 346 g/mol. The molecule has 9 heteroatoms. The molecule has 1 atom stereocenters. The summed E-state index contributed by atoms with van der Waals surface area (Å²) >= 11 is 3.84. The number of carbonyl (C=O) groups is 1. The van der Waals surface area contributed by atoms with Gasteiger partial charge < -0.3 is 10.2 Å². The van der Waals surface area contributed by atoms with Crippen molar-refractivity contribution in [2.75, 3.05) is 6.54 Å². The van der Waals surface area contributed by atoms with Gasteiger partial charge in [-0.05, 0) is 28.4 Å². The molecule has 1 aromatic heterocycles. The molecule has 0 amide bonds. The fourth-order valence-electron chi connectivity index (χ4n) is 1.07. The van der Waals surface area contributed by atoms with Crippen LogP contribution in [0.3, 0.4) is 0 Å². The lowest BCUT2D eigenvalue weighted by Crippen LogP contribution is -2.31. The molecule has 1 heterocycles. The smallest absolute Gasteiger partial charge is 0.345 e. The molecule has 0 aliphatic carbocycles. The molecule has 1 unspecified atom stereocenters. The molecule has 6 nitrogen and oxygen atoms in total. The maximum atomic E-state index is 11.9. The van der Waals surface area contributed by atoms with Crippen LogP contribution in [0.5, 0.6) is 0 Å². The number of hydrogen-bond acceptors (Lipinski definition) is 5. The number of aliphatic hydroxyl groups is 1. The van der Waals surface area contributed by atoms with E-state index in [4.69, 9.17) is 5.11 Å². The number of carboxylic acid groups (broad SMARTS) is 1. The number of rotatable bonds is 6. The van der Waals surface area contributed by atoms with Crippen molar-refractivity contribution in [1.29, 1.82) is 0 Å². The van der Waals surface area contributed by atoms with Crippen molar-refractivity contribution >= 4 is 43.3 Å². The molecule has 0 bridgehead atoms. The third-order valence-electron chi connectivity index (χ3n) is 2.14. The normalized spacial score (nSPS) is 13.5. The van der Waals surface area contributed by atoms with Gasteiger partial charge in [0, 0.05) is 6.54 Å². The first-order chi connectivity index (χ1) is 8.27. The van der Waals surface area contributed by atoms with Crippen molar-refractivity contribution in [2.24, 2.45) is 0 Å². The second kappa shape index (κ2) is 6.11. The van der Waals surface area contributed by atoms with Crippen LogP contribution in [0.4, 0.5) is 0 Å². The molecule has 0 spiro atoms. The van der Waals surface area contributed by atoms with E-state index < -0.39 is 22.1 Å². The number of carboxylic acids is 1. The van der Waals surface area contributed by atoms with Gasteiger partial charge in [-0.2, -0.15) is 0 Å². The predicted molar refractivity (Wildman–Crippen MR) is 70.5 cm³/mol. The molecule has 1 rings (SSSR count). The molecular formula is C9H12BrNO5S2. The van der Waals surface area contributed by atoms with Crippen molar-refractivity contribution in [3.8, 4) is 0 Å². The number of thiophene rings is 1. The topological polar surface area (TPSA) is 104 Å². The lowest BCUT2D eigenvalue weighted by molar-refractivity contribution is 0.0702. The summed E-state index contributed by atoms with van der Waals surface area (Å²) in [6, 6.07) is 1.08. The Morgan fingerprint density at radius 1 is 1.61 bits per heavy atom. The Bertz CT molecular complexity index is 539. The van der Waals surface area contributed by atoms with E-state index in [1.807, 2.05) is 0 Å². The van der Waals surface area contributed by atoms with Crippen LogP contribution in [0.2, 0.25) is 0 Å². The van der Waals surface area contributed by atoms with Crippen molar-refractivity contribution in [1.82, 2.24) is 4.72 Å². The Balaban J connectivity index is 2.95. The first kappa shape index (κ1) is 15.6. The highest BCUT2D eigenvalue weighted by molar-refractivity contribution is 9.11. The average molecular weight is 358 g/mol. The minimum Gasteiger partial charge on any atom is -0.477 e. The Hall–Kier alpha value is -0.480. The number of halogens is 1. The molecule has 0 fully saturated rings. The molecule has 18 heavy (non-hydrogen) atoms. The molecule has 0 saturated heterocycles. The van der Waals surface area contributed by atoms with Crippen LogP contribution in [0.15, 0.2) is 14.7 Å². The number of hydrogen-bond donors (Lipinski definition) is 3. The van der Waals surface area contributed by atoms with E-state index >= 15 is 0 Å². The molecule has 0 aliphatic heterocycles. The lowest BCUT2D eigenvalue weighted by Gasteiger charge is -2.09. The average Bonchev–Trinajstić information content (AvgIpc) is 2.69. The Morgan fingerprint density at radius 3 is 2.67 bits per heavy atom. The van der Waals surface area contributed by atoms with E-state index in [-0.39, 0.29) is 20.1 Å². The SMILES string of the molecule is CCC(O)CNS(=O)(=O)c1cc(C(=O)O)sc1Br. The zero-order chi connectivity index (χ0) is 13.9. The van der Waals surface area contributed by atoms with Gasteiger partial charge in [0.1, 0.15) is 9.77 Å². The number of sulfonamides is 1. The van der Waals surface area contributed by atoms with E-state index in [0.29, 0.717) is 6.42 Å². The molecule has 0 aromatic carbocycles. The summed E-state index contributed by atoms with van der Waals surface area (Å²) in [4.78, 5) is 10.5. The second-order valence-electron chi connectivity index (χ2n) is 3.47. The first-order valence-corrected chi connectivity index (χ1v) is 8.07. The summed E-state index contributed by atoms with van der Waals surface area (Å²) in [5.74, 6) is -1.18. The van der Waals surface area contributed by atoms with Gasteiger partial charge in [0.15, 0.2) is 0 Å². The molecule has 0 radical (unpaired) electrons. The van der Waals surface area contributed by atoms with Crippen LogP contribution in [-0.2, 0) is 10.0 Å². The number of aliphatic hydroxyl groups excluding tert-OH is 1. The summed E-state index contributed by atoms with van der Waals surface area (Å²) in [6.07, 6.45) is -0.343. The van der Waals surface area contributed by atoms with Crippen LogP contribution >= 0.6 is 27.3 Å². The van der Waals surface area contributed by atoms with Gasteiger partial charge >= 0.3 is 5.97 Å². The Kier molecular flexibility index (Phi) is 5.29. The highest BCUT2D eigenvalue weighted by Gasteiger charge is 2.23. The summed E-state index contributed by atoms with van der Waals surface area (Å²) in [5, 5.41) is 18.1. The van der Waals surface area contributed by atoms with Crippen molar-refractivity contribution in [3.63, 3.8) is 0 Å². The largest absolute Gasteiger partial charge is 0.477 e. The monoisotopic (exact) mass is 357 g/mol. The second-order valence-corrected chi connectivity index (χ2v) is 7.57. The van der Waals surface area contributed by atoms with Gasteiger partial charge in [-0.25, -0.2) is 17.9 Å². The molecule has 0 saturated carbocycles. The zero-order valence-corrected chi connectivity index (χ0v) is 12.6. The predicted octanol–water partition coefficient (Wildman–Crippen LogP) is 1.26. The van der Waals surface area contributed by atoms with Crippen molar-refractivity contribution in [3.05, 3.63) is 14.7 Å². The molecule has 1 aromatic rings. The quantitative estimate of drug-likeness (QED) is 0.710. The lowest BCUT2D eigenvalue weighted by atomic mass is 10.3. The van der Waals surface area contributed by atoms with Gasteiger partial charge in [-0.1, -0.05) is 6.92 Å². The van der Waals surface area contributed by atoms with E-state index in [2.05, 4.69) is 20.7 Å².